The molecule has 6 atom stereocenters. The maximum atomic E-state index is 14.6. The number of allylic oxidation sites excluding steroid dienone is 3. The number of aromatic amines is 1. The molecule has 556 valence electrons. The number of carbonyl (C=O) groups is 5. The van der Waals surface area contributed by atoms with Crippen LogP contribution in [-0.4, -0.2) is 152 Å². The van der Waals surface area contributed by atoms with Crippen LogP contribution in [0.3, 0.4) is 0 Å². The van der Waals surface area contributed by atoms with Crippen molar-refractivity contribution in [1.82, 2.24) is 45.0 Å². The summed E-state index contributed by atoms with van der Waals surface area (Å²) in [5.74, 6) is -12.4. The maximum absolute atomic E-state index is 14.6. The number of benzene rings is 3. The predicted molar refractivity (Wildman–Crippen MR) is 351 cm³/mol. The molecule has 35 heteroatoms. The van der Waals surface area contributed by atoms with Crippen molar-refractivity contribution in [2.45, 2.75) is 127 Å². The molecule has 0 spiro atoms. The second kappa shape index (κ2) is 35.3. The van der Waals surface area contributed by atoms with Gasteiger partial charge in [-0.2, -0.15) is 26.3 Å². The summed E-state index contributed by atoms with van der Waals surface area (Å²) in [4.78, 5) is 94.4. The van der Waals surface area contributed by atoms with Gasteiger partial charge in [-0.25, -0.2) is 70.4 Å². The van der Waals surface area contributed by atoms with E-state index in [4.69, 9.17) is 41.3 Å². The number of methoxy groups -OCH3 is 3. The molecule has 0 saturated carbocycles. The van der Waals surface area contributed by atoms with Gasteiger partial charge in [0.05, 0.1) is 61.0 Å². The summed E-state index contributed by atoms with van der Waals surface area (Å²) in [6, 6.07) is 1.79. The van der Waals surface area contributed by atoms with E-state index in [1.54, 1.807) is 41.5 Å². The lowest BCUT2D eigenvalue weighted by Crippen LogP contribution is -2.44. The molecule has 0 unspecified atom stereocenters. The lowest BCUT2D eigenvalue weighted by Gasteiger charge is -2.27. The zero-order valence-corrected chi connectivity index (χ0v) is 57.4. The molecular formula is C68H70ClF12N9O13. The smallest absolute Gasteiger partial charge is 0.411 e. The number of likely N-dealkylation sites (tertiary alicyclic amines) is 2. The number of amides is 2. The first kappa shape index (κ1) is 84.8. The third-order valence-electron chi connectivity index (χ3n) is 14.1. The molecule has 3 saturated heterocycles. The summed E-state index contributed by atoms with van der Waals surface area (Å²) in [6.45, 7) is 21.8. The molecule has 2 amide bonds. The lowest BCUT2D eigenvalue weighted by atomic mass is 10.1. The minimum absolute atomic E-state index is 0. The first-order valence-corrected chi connectivity index (χ1v) is 30.0. The van der Waals surface area contributed by atoms with Crippen molar-refractivity contribution in [2.75, 3.05) is 41.0 Å². The summed E-state index contributed by atoms with van der Waals surface area (Å²) >= 11 is 0. The first-order valence-electron chi connectivity index (χ1n) is 30.0. The number of nitrogens with zero attached hydrogens (tertiary/aromatic N) is 7. The van der Waals surface area contributed by atoms with Gasteiger partial charge in [-0.3, -0.25) is 19.4 Å². The number of terminal acetylenes is 2. The SMILES string of the molecule is C#CC#CC#C.C=CC(F)(F)c1nc2cc(F)c(F)cc2[nH]c1=O.C=CC(F)(F)c1nc2cc(F)c(F)cc2nc1O[C@@H]1C[C@@H](C(=O)OC)N(C(=O)OC(C)(C)C)C1.C=CC(F)(F)c1nc2cc(F)c(F)cc2nc1O[C@H]1CN[C@H](C(=O)OC)C1.COC(=O)[C@@H]1C[C@H](C)CN1C(=O)OC(C)(C)C.Cl.[2HH]. The topological polar surface area (TPSA) is 266 Å². The molecule has 3 aromatic carbocycles. The Balaban J connectivity index is 0.000000360. The quantitative estimate of drug-likeness (QED) is 0.0358. The van der Waals surface area contributed by atoms with E-state index in [0.29, 0.717) is 55.4 Å². The van der Waals surface area contributed by atoms with Gasteiger partial charge in [0.25, 0.3) is 5.56 Å². The van der Waals surface area contributed by atoms with Crippen molar-refractivity contribution < 1.29 is 111 Å². The highest BCUT2D eigenvalue weighted by atomic mass is 35.5. The molecule has 0 aliphatic carbocycles. The Morgan fingerprint density at radius 3 is 1.30 bits per heavy atom. The van der Waals surface area contributed by atoms with E-state index in [2.05, 4.69) is 78.4 Å². The largest absolute Gasteiger partial charge is 0.471 e. The van der Waals surface area contributed by atoms with E-state index < -0.39 is 153 Å². The van der Waals surface area contributed by atoms with Crippen molar-refractivity contribution in [3.8, 4) is 48.3 Å². The number of H-pyrrole nitrogens is 1. The standard InChI is InChI=1S/C22H23F4N3O5.C17H15F4N3O3.C12H21NO4.C11H6F4N2O.C6H2.ClH.H2/c1-6-22(25,26)17-18(28-15-9-13(24)12(23)8-14(15)27-17)33-11-7-16(19(30)32-5)29(10-11)20(31)34-21(2,3)4;1-3-17(20,21)14-15(27-8-4-13(22-7-8)16(25)26-2)24-12-6-10(19)9(18)5-11(12)23-14;1-8-6-9(10(14)16-5)13(7-8)11(15)17-12(2,3)4;1-2-11(14,15)9-10(18)17-8-4-6(13)5(12)3-7(8)16-9;1-3-5-6-4-2;;/h6,8-9,11,16H,1,7,10H2,2-5H3;3,5-6,8,13,22H,1,4,7H2,2H3;8-9H,6-7H2,1-5H3;2-4H,1H2,(H,17,18);1-2H;2*1H/t11-,16+;8-,13+;8-,9-;;;;/m110..../s1/i;;;;;;1+1. The summed E-state index contributed by atoms with van der Waals surface area (Å²) in [5, 5.41) is 2.84. The zero-order chi connectivity index (χ0) is 76.7. The molecule has 3 aliphatic rings. The van der Waals surface area contributed by atoms with Gasteiger partial charge < -0.3 is 43.5 Å². The molecule has 2 N–H and O–H groups in total. The Labute approximate surface area is 588 Å². The second-order valence-electron chi connectivity index (χ2n) is 24.1. The van der Waals surface area contributed by atoms with Gasteiger partial charge in [0.1, 0.15) is 41.5 Å². The highest BCUT2D eigenvalue weighted by Gasteiger charge is 2.46. The molecule has 3 fully saturated rings. The Morgan fingerprint density at radius 2 is 0.903 bits per heavy atom. The fraction of sp³-hybridized carbons (Fsp3) is 0.397. The average molecular weight is 1490 g/mol. The number of ether oxygens (including phenoxy) is 7. The molecule has 6 aromatic rings. The summed E-state index contributed by atoms with van der Waals surface area (Å²) in [7, 11) is 3.69. The molecule has 9 rings (SSSR count). The third-order valence-corrected chi connectivity index (χ3v) is 14.1. The number of hydrogen-bond acceptors (Lipinski definition) is 19. The number of carbonyl (C=O) groups excluding carboxylic acids is 5. The summed E-state index contributed by atoms with van der Waals surface area (Å²) < 4.78 is 200. The molecule has 22 nitrogen and oxygen atoms in total. The molecule has 3 aromatic heterocycles. The van der Waals surface area contributed by atoms with Gasteiger partial charge >= 0.3 is 47.9 Å². The van der Waals surface area contributed by atoms with Gasteiger partial charge in [-0.1, -0.05) is 26.7 Å². The summed E-state index contributed by atoms with van der Waals surface area (Å²) in [6.07, 6.45) is 8.01. The van der Waals surface area contributed by atoms with Crippen molar-refractivity contribution in [3.63, 3.8) is 0 Å². The van der Waals surface area contributed by atoms with Crippen LogP contribution in [0.25, 0.3) is 33.1 Å². The van der Waals surface area contributed by atoms with Gasteiger partial charge in [-0.15, -0.1) is 25.3 Å². The lowest BCUT2D eigenvalue weighted by molar-refractivity contribution is -0.146. The van der Waals surface area contributed by atoms with Crippen LogP contribution >= 0.6 is 12.4 Å². The highest BCUT2D eigenvalue weighted by Crippen LogP contribution is 2.39. The van der Waals surface area contributed by atoms with E-state index in [1.165, 1.54) is 19.1 Å². The van der Waals surface area contributed by atoms with E-state index >= 15 is 0 Å². The number of esters is 3. The minimum atomic E-state index is -3.73. The Bertz CT molecular complexity index is 4390. The third kappa shape index (κ3) is 22.4. The van der Waals surface area contributed by atoms with Crippen LogP contribution in [0.2, 0.25) is 0 Å². The highest BCUT2D eigenvalue weighted by molar-refractivity contribution is 5.85. The maximum Gasteiger partial charge on any atom is 0.411 e. The molecule has 6 heterocycles. The van der Waals surface area contributed by atoms with Gasteiger partial charge in [0, 0.05) is 63.8 Å². The number of rotatable bonds is 13. The van der Waals surface area contributed by atoms with E-state index in [9.17, 15) is 81.5 Å². The Morgan fingerprint density at radius 1 is 0.544 bits per heavy atom. The monoisotopic (exact) mass is 1480 g/mol. The van der Waals surface area contributed by atoms with Gasteiger partial charge in [0.15, 0.2) is 52.0 Å². The molecule has 0 bridgehead atoms. The first-order chi connectivity index (χ1) is 47.5. The molecule has 0 radical (unpaired) electrons. The van der Waals surface area contributed by atoms with E-state index in [0.717, 1.165) is 18.1 Å². The van der Waals surface area contributed by atoms with E-state index in [1.807, 2.05) is 11.9 Å². The van der Waals surface area contributed by atoms with Crippen molar-refractivity contribution in [3.05, 3.63) is 137 Å². The van der Waals surface area contributed by atoms with Crippen LogP contribution < -0.4 is 20.3 Å². The number of aromatic nitrogens is 6. The molecule has 3 aliphatic heterocycles. The van der Waals surface area contributed by atoms with Crippen LogP contribution in [0.5, 0.6) is 11.8 Å². The summed E-state index contributed by atoms with van der Waals surface area (Å²) in [5.41, 5.74) is -6.97. The minimum Gasteiger partial charge on any atom is -0.471 e. The average Bonchev–Trinajstić information content (AvgIpc) is 1.13. The van der Waals surface area contributed by atoms with Crippen molar-refractivity contribution in [1.29, 1.82) is 0 Å². The predicted octanol–water partition coefficient (Wildman–Crippen LogP) is 11.8. The van der Waals surface area contributed by atoms with Crippen LogP contribution in [0.4, 0.5) is 62.3 Å². The van der Waals surface area contributed by atoms with Crippen molar-refractivity contribution >= 4 is 75.6 Å². The zero-order valence-electron chi connectivity index (χ0n) is 56.6. The fourth-order valence-corrected chi connectivity index (χ4v) is 9.46. The van der Waals surface area contributed by atoms with Crippen molar-refractivity contribution in [2.24, 2.45) is 5.92 Å². The van der Waals surface area contributed by atoms with Gasteiger partial charge in [0.2, 0.25) is 11.8 Å². The van der Waals surface area contributed by atoms with Crippen LogP contribution in [0, 0.1) is 77.3 Å². The second-order valence-corrected chi connectivity index (χ2v) is 24.1. The number of nitrogens with one attached hydrogen (secondary N) is 2. The normalized spacial score (nSPS) is 17.7. The van der Waals surface area contributed by atoms with Crippen LogP contribution in [0.1, 0.15) is 86.2 Å². The fourth-order valence-electron chi connectivity index (χ4n) is 9.46. The number of fused-ring (bicyclic) bond motifs is 3. The Kier molecular flexibility index (Phi) is 29.0. The number of alkyl halides is 6. The van der Waals surface area contributed by atoms with Crippen LogP contribution in [-0.2, 0) is 55.8 Å². The van der Waals surface area contributed by atoms with Crippen LogP contribution in [0.15, 0.2) is 79.2 Å². The molecular weight excluding hydrogens is 1410 g/mol. The Hall–Kier alpha value is -10.7. The number of halogens is 13. The van der Waals surface area contributed by atoms with Gasteiger partial charge in [-0.05, 0) is 95.8 Å². The molecule has 103 heavy (non-hydrogen) atoms. The van der Waals surface area contributed by atoms with E-state index in [-0.39, 0.29) is 90.8 Å². The number of hydrogen-bond donors (Lipinski definition) is 2.